The second kappa shape index (κ2) is 8.53. The summed E-state index contributed by atoms with van der Waals surface area (Å²) in [7, 11) is 0. The lowest BCUT2D eigenvalue weighted by molar-refractivity contribution is -0.127. The van der Waals surface area contributed by atoms with Gasteiger partial charge in [-0.1, -0.05) is 55.5 Å². The molecule has 0 saturated carbocycles. The second-order valence-corrected chi connectivity index (χ2v) is 7.50. The van der Waals surface area contributed by atoms with E-state index in [1.165, 1.54) is 0 Å². The van der Waals surface area contributed by atoms with Crippen LogP contribution in [0, 0.1) is 0 Å². The van der Waals surface area contributed by atoms with Gasteiger partial charge in [-0.3, -0.25) is 9.59 Å². The Morgan fingerprint density at radius 1 is 1.07 bits per heavy atom. The van der Waals surface area contributed by atoms with Gasteiger partial charge in [0.05, 0.1) is 23.5 Å². The van der Waals surface area contributed by atoms with Crippen LogP contribution in [-0.2, 0) is 4.79 Å². The van der Waals surface area contributed by atoms with Crippen molar-refractivity contribution in [3.8, 4) is 0 Å². The Morgan fingerprint density at radius 2 is 1.77 bits per heavy atom. The summed E-state index contributed by atoms with van der Waals surface area (Å²) < 4.78 is 5.60. The van der Waals surface area contributed by atoms with Crippen molar-refractivity contribution in [3.05, 3.63) is 76.1 Å². The quantitative estimate of drug-likeness (QED) is 0.598. The van der Waals surface area contributed by atoms with E-state index in [4.69, 9.17) is 4.42 Å². The first-order valence-electron chi connectivity index (χ1n) is 10.3. The molecule has 1 saturated heterocycles. The Balaban J connectivity index is 1.78. The Bertz CT molecular complexity index is 1140. The Kier molecular flexibility index (Phi) is 5.65. The molecular weight excluding hydrogens is 380 g/mol. The normalized spacial score (nSPS) is 14.8. The molecule has 0 unspecified atom stereocenters. The number of ketones is 1. The molecule has 2 heterocycles. The van der Waals surface area contributed by atoms with Gasteiger partial charge in [-0.05, 0) is 24.5 Å². The van der Waals surface area contributed by atoms with E-state index < -0.39 is 5.63 Å². The third-order valence-corrected chi connectivity index (χ3v) is 5.54. The molecule has 1 aliphatic rings. The number of rotatable bonds is 7. The van der Waals surface area contributed by atoms with Crippen molar-refractivity contribution in [2.45, 2.75) is 32.2 Å². The molecule has 1 aliphatic heterocycles. The minimum atomic E-state index is -0.496. The Labute approximate surface area is 174 Å². The lowest BCUT2D eigenvalue weighted by Gasteiger charge is -2.21. The average Bonchev–Trinajstić information content (AvgIpc) is 3.17. The third kappa shape index (κ3) is 3.85. The van der Waals surface area contributed by atoms with Crippen molar-refractivity contribution in [2.75, 3.05) is 18.4 Å². The first kappa shape index (κ1) is 19.9. The van der Waals surface area contributed by atoms with Crippen LogP contribution < -0.4 is 10.9 Å². The van der Waals surface area contributed by atoms with Gasteiger partial charge in [0.1, 0.15) is 0 Å². The number of nitrogens with one attached hydrogen (secondary N) is 1. The molecule has 3 aromatic rings. The lowest BCUT2D eigenvalue weighted by atomic mass is 10.0. The Hall–Kier alpha value is -3.41. The van der Waals surface area contributed by atoms with Crippen LogP contribution in [0.2, 0.25) is 0 Å². The van der Waals surface area contributed by atoms with E-state index >= 15 is 0 Å². The predicted octanol–water partition coefficient (Wildman–Crippen LogP) is 4.16. The molecule has 0 radical (unpaired) electrons. The number of carbonyl (C=O) groups is 2. The van der Waals surface area contributed by atoms with E-state index in [9.17, 15) is 14.4 Å². The van der Waals surface area contributed by atoms with Crippen molar-refractivity contribution in [2.24, 2.45) is 0 Å². The minimum absolute atomic E-state index is 0.0183. The lowest BCUT2D eigenvalue weighted by Crippen LogP contribution is -2.31. The van der Waals surface area contributed by atoms with E-state index in [0.717, 1.165) is 18.4 Å². The largest absolute Gasteiger partial charge is 0.405 e. The van der Waals surface area contributed by atoms with Gasteiger partial charge in [-0.2, -0.15) is 0 Å². The molecular formula is C24H24N2O4. The summed E-state index contributed by atoms with van der Waals surface area (Å²) in [6, 6.07) is 16.6. The molecule has 1 atom stereocenters. The van der Waals surface area contributed by atoms with Gasteiger partial charge in [0.25, 0.3) is 0 Å². The van der Waals surface area contributed by atoms with Gasteiger partial charge in [0, 0.05) is 18.4 Å². The molecule has 1 N–H and O–H groups in total. The highest BCUT2D eigenvalue weighted by molar-refractivity contribution is 6.12. The maximum atomic E-state index is 13.3. The average molecular weight is 404 g/mol. The van der Waals surface area contributed by atoms with Crippen LogP contribution >= 0.6 is 0 Å². The summed E-state index contributed by atoms with van der Waals surface area (Å²) in [5.41, 5.74) is 0.855. The van der Waals surface area contributed by atoms with Crippen molar-refractivity contribution >= 4 is 28.3 Å². The van der Waals surface area contributed by atoms with Gasteiger partial charge in [-0.15, -0.1) is 0 Å². The number of anilines is 1. The van der Waals surface area contributed by atoms with E-state index in [1.54, 1.807) is 29.2 Å². The fraction of sp³-hybridized carbons (Fsp3) is 0.292. The Morgan fingerprint density at radius 3 is 2.43 bits per heavy atom. The summed E-state index contributed by atoms with van der Waals surface area (Å²) in [6.07, 6.45) is 1.96. The molecule has 1 fully saturated rings. The van der Waals surface area contributed by atoms with E-state index in [1.807, 2.05) is 37.3 Å². The summed E-state index contributed by atoms with van der Waals surface area (Å²) >= 11 is 0. The zero-order valence-electron chi connectivity index (χ0n) is 16.9. The van der Waals surface area contributed by atoms with Crippen molar-refractivity contribution in [1.82, 2.24) is 4.90 Å². The van der Waals surface area contributed by atoms with Crippen LogP contribution in [0.3, 0.4) is 0 Å². The number of benzene rings is 2. The van der Waals surface area contributed by atoms with Crippen LogP contribution in [0.15, 0.2) is 63.8 Å². The van der Waals surface area contributed by atoms with Crippen LogP contribution in [-0.4, -0.2) is 29.7 Å². The van der Waals surface area contributed by atoms with Gasteiger partial charge < -0.3 is 14.6 Å². The molecule has 154 valence electrons. The fourth-order valence-electron chi connectivity index (χ4n) is 3.97. The minimum Gasteiger partial charge on any atom is -0.405 e. The molecule has 1 aromatic heterocycles. The standard InChI is InChI=1S/C24H24N2O4/c1-2-19(16-9-4-3-5-10-16)25-23-22(20(27)15-26-14-8-13-21(26)28)17-11-6-7-12-18(17)24(29)30-23/h3-7,9-12,19,25H,2,8,13-15H2,1H3/t19-/m0/s1. The number of likely N-dealkylation sites (tertiary alicyclic amines) is 1. The molecule has 6 heteroatoms. The molecule has 6 nitrogen and oxygen atoms in total. The summed E-state index contributed by atoms with van der Waals surface area (Å²) in [5.74, 6) is -0.100. The molecule has 30 heavy (non-hydrogen) atoms. The zero-order valence-corrected chi connectivity index (χ0v) is 16.9. The third-order valence-electron chi connectivity index (χ3n) is 5.54. The number of fused-ring (bicyclic) bond motifs is 1. The summed E-state index contributed by atoms with van der Waals surface area (Å²) in [5, 5.41) is 4.16. The highest BCUT2D eigenvalue weighted by Gasteiger charge is 2.27. The van der Waals surface area contributed by atoms with Crippen molar-refractivity contribution in [3.63, 3.8) is 0 Å². The number of Topliss-reactive ketones (excluding diaryl/α,β-unsaturated/α-hetero) is 1. The van der Waals surface area contributed by atoms with Crippen LogP contribution in [0.5, 0.6) is 0 Å². The van der Waals surface area contributed by atoms with Gasteiger partial charge in [-0.25, -0.2) is 4.79 Å². The SMILES string of the molecule is CC[C@H](Nc1oc(=O)c2ccccc2c1C(=O)CN1CCCC1=O)c1ccccc1. The molecule has 2 aromatic carbocycles. The second-order valence-electron chi connectivity index (χ2n) is 7.50. The van der Waals surface area contributed by atoms with Crippen molar-refractivity contribution in [1.29, 1.82) is 0 Å². The molecule has 0 bridgehead atoms. The zero-order chi connectivity index (χ0) is 21.1. The smallest absolute Gasteiger partial charge is 0.345 e. The number of hydrogen-bond donors (Lipinski definition) is 1. The van der Waals surface area contributed by atoms with E-state index in [0.29, 0.717) is 29.3 Å². The molecule has 0 aliphatic carbocycles. The fourth-order valence-corrected chi connectivity index (χ4v) is 3.97. The molecule has 0 spiro atoms. The van der Waals surface area contributed by atoms with Gasteiger partial charge in [0.2, 0.25) is 11.8 Å². The number of carbonyl (C=O) groups excluding carboxylic acids is 2. The first-order chi connectivity index (χ1) is 14.6. The number of hydrogen-bond acceptors (Lipinski definition) is 5. The van der Waals surface area contributed by atoms with Crippen LogP contribution in [0.25, 0.3) is 10.8 Å². The van der Waals surface area contributed by atoms with Crippen molar-refractivity contribution < 1.29 is 14.0 Å². The molecule has 4 rings (SSSR count). The maximum absolute atomic E-state index is 13.3. The predicted molar refractivity (Wildman–Crippen MR) is 116 cm³/mol. The number of amides is 1. The topological polar surface area (TPSA) is 79.6 Å². The van der Waals surface area contributed by atoms with E-state index in [-0.39, 0.29) is 30.2 Å². The molecule has 1 amide bonds. The highest BCUT2D eigenvalue weighted by atomic mass is 16.4. The van der Waals surface area contributed by atoms with Gasteiger partial charge >= 0.3 is 5.63 Å². The van der Waals surface area contributed by atoms with E-state index in [2.05, 4.69) is 5.32 Å². The monoisotopic (exact) mass is 404 g/mol. The van der Waals surface area contributed by atoms with Crippen LogP contribution in [0.4, 0.5) is 5.88 Å². The van der Waals surface area contributed by atoms with Gasteiger partial charge in [0.15, 0.2) is 5.78 Å². The van der Waals surface area contributed by atoms with Crippen LogP contribution in [0.1, 0.15) is 48.1 Å². The maximum Gasteiger partial charge on any atom is 0.345 e. The highest BCUT2D eigenvalue weighted by Crippen LogP contribution is 2.29. The summed E-state index contributed by atoms with van der Waals surface area (Å²) in [4.78, 5) is 39.5. The number of nitrogens with zero attached hydrogens (tertiary/aromatic N) is 1. The summed E-state index contributed by atoms with van der Waals surface area (Å²) in [6.45, 7) is 2.57. The first-order valence-corrected chi connectivity index (χ1v) is 10.3.